The molecular formula is C18H17N3O3S. The summed E-state index contributed by atoms with van der Waals surface area (Å²) in [7, 11) is 0. The van der Waals surface area contributed by atoms with Crippen LogP contribution in [0.25, 0.3) is 0 Å². The molecule has 1 fully saturated rings. The first-order chi connectivity index (χ1) is 11.9. The molecule has 128 valence electrons. The van der Waals surface area contributed by atoms with Crippen LogP contribution in [0.3, 0.4) is 0 Å². The maximum Gasteiger partial charge on any atom is 0.270 e. The third-order valence-electron chi connectivity index (χ3n) is 4.76. The lowest BCUT2D eigenvalue weighted by atomic mass is 9.90. The van der Waals surface area contributed by atoms with Crippen molar-refractivity contribution in [1.29, 1.82) is 0 Å². The molecule has 2 atom stereocenters. The van der Waals surface area contributed by atoms with Crippen LogP contribution in [0, 0.1) is 17.0 Å². The zero-order chi connectivity index (χ0) is 17.8. The van der Waals surface area contributed by atoms with Gasteiger partial charge in [-0.05, 0) is 44.3 Å². The van der Waals surface area contributed by atoms with Crippen molar-refractivity contribution in [2.24, 2.45) is 0 Å². The molecule has 25 heavy (non-hydrogen) atoms. The van der Waals surface area contributed by atoms with Crippen LogP contribution in [-0.4, -0.2) is 15.8 Å². The minimum Gasteiger partial charge on any atom is -0.467 e. The third-order valence-corrected chi connectivity index (χ3v) is 5.06. The van der Waals surface area contributed by atoms with Gasteiger partial charge in [-0.1, -0.05) is 17.7 Å². The smallest absolute Gasteiger partial charge is 0.270 e. The summed E-state index contributed by atoms with van der Waals surface area (Å²) < 4.78 is 6.27. The number of anilines is 1. The molecule has 1 saturated heterocycles. The first kappa shape index (κ1) is 15.8. The quantitative estimate of drug-likeness (QED) is 0.502. The lowest BCUT2D eigenvalue weighted by molar-refractivity contribution is -0.385. The largest absolute Gasteiger partial charge is 0.467 e. The lowest BCUT2D eigenvalue weighted by Crippen LogP contribution is -2.65. The Bertz CT molecular complexity index is 884. The van der Waals surface area contributed by atoms with Gasteiger partial charge in [-0.2, -0.15) is 0 Å². The molecule has 2 heterocycles. The first-order valence-corrected chi connectivity index (χ1v) is 8.43. The van der Waals surface area contributed by atoms with Gasteiger partial charge in [0.15, 0.2) is 10.8 Å². The van der Waals surface area contributed by atoms with E-state index >= 15 is 0 Å². The van der Waals surface area contributed by atoms with Gasteiger partial charge < -0.3 is 10.1 Å². The number of nitrogens with zero attached hydrogens (tertiary/aromatic N) is 2. The Labute approximate surface area is 150 Å². The molecular weight excluding hydrogens is 338 g/mol. The fourth-order valence-electron chi connectivity index (χ4n) is 3.56. The second kappa shape index (κ2) is 5.42. The van der Waals surface area contributed by atoms with Gasteiger partial charge in [-0.15, -0.1) is 0 Å². The van der Waals surface area contributed by atoms with Gasteiger partial charge >= 0.3 is 0 Å². The maximum atomic E-state index is 11.1. The average Bonchev–Trinajstić information content (AvgIpc) is 2.55. The third kappa shape index (κ3) is 2.51. The molecule has 2 aromatic carbocycles. The van der Waals surface area contributed by atoms with Crippen LogP contribution in [0.15, 0.2) is 42.5 Å². The van der Waals surface area contributed by atoms with Crippen LogP contribution < -0.4 is 15.0 Å². The summed E-state index contributed by atoms with van der Waals surface area (Å²) in [5, 5.41) is 14.9. The number of nitro groups is 1. The van der Waals surface area contributed by atoms with Crippen LogP contribution in [0.4, 0.5) is 11.4 Å². The molecule has 2 bridgehead atoms. The van der Waals surface area contributed by atoms with E-state index in [1.165, 1.54) is 11.6 Å². The van der Waals surface area contributed by atoms with Crippen molar-refractivity contribution in [3.8, 4) is 5.75 Å². The average molecular weight is 355 g/mol. The zero-order valence-electron chi connectivity index (χ0n) is 13.9. The van der Waals surface area contributed by atoms with E-state index < -0.39 is 10.6 Å². The highest BCUT2D eigenvalue weighted by atomic mass is 32.1. The van der Waals surface area contributed by atoms with Crippen molar-refractivity contribution >= 4 is 28.7 Å². The highest BCUT2D eigenvalue weighted by Gasteiger charge is 2.48. The zero-order valence-corrected chi connectivity index (χ0v) is 14.7. The fraction of sp³-hybridized carbons (Fsp3) is 0.278. The van der Waals surface area contributed by atoms with E-state index in [9.17, 15) is 10.1 Å². The summed E-state index contributed by atoms with van der Waals surface area (Å²) in [6.07, 6.45) is 0.634. The summed E-state index contributed by atoms with van der Waals surface area (Å²) in [6, 6.07) is 12.7. The molecule has 0 unspecified atom stereocenters. The van der Waals surface area contributed by atoms with Crippen molar-refractivity contribution in [3.05, 3.63) is 63.7 Å². The molecule has 2 aliphatic heterocycles. The number of ether oxygens (including phenoxy) is 1. The van der Waals surface area contributed by atoms with Crippen LogP contribution in [0.2, 0.25) is 0 Å². The molecule has 0 spiro atoms. The number of nitrogens with one attached hydrogen (secondary N) is 1. The molecule has 0 aliphatic carbocycles. The number of nitro benzene ring substituents is 1. The maximum absolute atomic E-state index is 11.1. The van der Waals surface area contributed by atoms with Gasteiger partial charge in [0.25, 0.3) is 5.69 Å². The van der Waals surface area contributed by atoms with Gasteiger partial charge in [-0.3, -0.25) is 15.0 Å². The van der Waals surface area contributed by atoms with Crippen LogP contribution in [0.5, 0.6) is 5.75 Å². The Morgan fingerprint density at radius 2 is 2.04 bits per heavy atom. The molecule has 4 rings (SSSR count). The molecule has 0 aromatic heterocycles. The van der Waals surface area contributed by atoms with E-state index in [0.29, 0.717) is 17.3 Å². The molecule has 6 nitrogen and oxygen atoms in total. The summed E-state index contributed by atoms with van der Waals surface area (Å²) in [5.74, 6) is 0.650. The van der Waals surface area contributed by atoms with E-state index in [4.69, 9.17) is 17.0 Å². The summed E-state index contributed by atoms with van der Waals surface area (Å²) in [5.41, 5.74) is 2.31. The first-order valence-electron chi connectivity index (χ1n) is 8.02. The van der Waals surface area contributed by atoms with E-state index in [-0.39, 0.29) is 11.7 Å². The number of benzene rings is 2. The van der Waals surface area contributed by atoms with Gasteiger partial charge in [-0.25, -0.2) is 0 Å². The number of hydrogen-bond donors (Lipinski definition) is 1. The lowest BCUT2D eigenvalue weighted by Gasteiger charge is -2.52. The number of non-ortho nitro benzene ring substituents is 1. The van der Waals surface area contributed by atoms with Crippen LogP contribution >= 0.6 is 12.2 Å². The van der Waals surface area contributed by atoms with Crippen LogP contribution in [-0.2, 0) is 0 Å². The molecule has 0 saturated carbocycles. The Morgan fingerprint density at radius 3 is 2.72 bits per heavy atom. The fourth-order valence-corrected chi connectivity index (χ4v) is 4.00. The van der Waals surface area contributed by atoms with Crippen molar-refractivity contribution in [2.75, 3.05) is 4.90 Å². The topological polar surface area (TPSA) is 67.6 Å². The van der Waals surface area contributed by atoms with Crippen LogP contribution in [0.1, 0.15) is 30.5 Å². The highest BCUT2D eigenvalue weighted by Crippen LogP contribution is 2.46. The van der Waals surface area contributed by atoms with E-state index in [2.05, 4.69) is 5.32 Å². The number of hydrogen-bond acceptors (Lipinski definition) is 4. The van der Waals surface area contributed by atoms with Crippen molar-refractivity contribution in [1.82, 2.24) is 5.32 Å². The van der Waals surface area contributed by atoms with Crippen molar-refractivity contribution in [3.63, 3.8) is 0 Å². The SMILES string of the molecule is Cc1ccc(N2C(=S)N[C@@H]3C[C@@]2(C)Oc2ccc([N+](=O)[O-])cc23)cc1. The van der Waals surface area contributed by atoms with Gasteiger partial charge in [0.1, 0.15) is 5.75 Å². The number of aryl methyl sites for hydroxylation is 1. The number of fused-ring (bicyclic) bond motifs is 4. The Kier molecular flexibility index (Phi) is 3.43. The Morgan fingerprint density at radius 1 is 1.32 bits per heavy atom. The molecule has 2 aromatic rings. The standard InChI is InChI=1S/C18H17N3O3S/c1-11-3-5-12(6-4-11)20-17(25)19-15-10-18(20,2)24-16-8-7-13(21(22)23)9-14(15)16/h3-9,15H,10H2,1-2H3,(H,19,25)/t15-,18-/m1/s1. The van der Waals surface area contributed by atoms with E-state index in [1.807, 2.05) is 43.0 Å². The van der Waals surface area contributed by atoms with Crippen molar-refractivity contribution < 1.29 is 9.66 Å². The predicted octanol–water partition coefficient (Wildman–Crippen LogP) is 3.84. The van der Waals surface area contributed by atoms with Gasteiger partial charge in [0, 0.05) is 29.8 Å². The minimum absolute atomic E-state index is 0.0552. The number of rotatable bonds is 2. The molecule has 1 N–H and O–H groups in total. The Balaban J connectivity index is 1.77. The minimum atomic E-state index is -0.647. The summed E-state index contributed by atoms with van der Waals surface area (Å²) in [4.78, 5) is 12.6. The van der Waals surface area contributed by atoms with Gasteiger partial charge in [0.2, 0.25) is 0 Å². The van der Waals surface area contributed by atoms with E-state index in [0.717, 1.165) is 11.3 Å². The summed E-state index contributed by atoms with van der Waals surface area (Å²) in [6.45, 7) is 4.03. The summed E-state index contributed by atoms with van der Waals surface area (Å²) >= 11 is 5.58. The monoisotopic (exact) mass is 355 g/mol. The van der Waals surface area contributed by atoms with Crippen molar-refractivity contribution in [2.45, 2.75) is 32.0 Å². The molecule has 2 aliphatic rings. The van der Waals surface area contributed by atoms with Gasteiger partial charge in [0.05, 0.1) is 11.0 Å². The molecule has 0 radical (unpaired) electrons. The normalized spacial score (nSPS) is 24.2. The second-order valence-corrected chi connectivity index (χ2v) is 7.02. The molecule has 7 heteroatoms. The highest BCUT2D eigenvalue weighted by molar-refractivity contribution is 7.80. The Hall–Kier alpha value is -2.67. The molecule has 0 amide bonds. The van der Waals surface area contributed by atoms with E-state index in [1.54, 1.807) is 12.1 Å². The predicted molar refractivity (Wildman–Crippen MR) is 98.9 cm³/mol. The number of thiocarbonyl (C=S) groups is 1. The second-order valence-electron chi connectivity index (χ2n) is 6.63.